The van der Waals surface area contributed by atoms with Crippen molar-refractivity contribution in [3.05, 3.63) is 66.1 Å². The second kappa shape index (κ2) is 9.41. The van der Waals surface area contributed by atoms with E-state index in [1.807, 2.05) is 30.3 Å². The molecule has 0 saturated carbocycles. The Morgan fingerprint density at radius 2 is 1.62 bits per heavy atom. The van der Waals surface area contributed by atoms with Crippen LogP contribution in [0.2, 0.25) is 0 Å². The first-order valence-corrected chi connectivity index (χ1v) is 8.85. The lowest BCUT2D eigenvalue weighted by molar-refractivity contribution is 0.0945. The first-order chi connectivity index (χ1) is 14.1. The number of rotatable bonds is 8. The molecule has 8 heteroatoms. The first kappa shape index (κ1) is 19.9. The third-order valence-corrected chi connectivity index (χ3v) is 4.17. The first-order valence-electron chi connectivity index (χ1n) is 8.85. The molecule has 0 aliphatic heterocycles. The van der Waals surface area contributed by atoms with Crippen LogP contribution < -0.4 is 24.8 Å². The number of carbonyl (C=O) groups is 1. The van der Waals surface area contributed by atoms with E-state index in [2.05, 4.69) is 20.6 Å². The van der Waals surface area contributed by atoms with Crippen LogP contribution in [0, 0.1) is 0 Å². The monoisotopic (exact) mass is 394 g/mol. The predicted octanol–water partition coefficient (Wildman–Crippen LogP) is 3.18. The van der Waals surface area contributed by atoms with Crippen LogP contribution in [0.1, 0.15) is 16.1 Å². The van der Waals surface area contributed by atoms with Gasteiger partial charge in [-0.3, -0.25) is 4.79 Å². The molecule has 1 heterocycles. The second-order valence-corrected chi connectivity index (χ2v) is 6.01. The number of benzene rings is 2. The highest BCUT2D eigenvalue weighted by atomic mass is 16.5. The summed E-state index contributed by atoms with van der Waals surface area (Å²) in [6.45, 7) is 0.382. The molecule has 8 nitrogen and oxygen atoms in total. The molecule has 3 aromatic rings. The number of methoxy groups -OCH3 is 3. The van der Waals surface area contributed by atoms with Crippen molar-refractivity contribution < 1.29 is 19.0 Å². The Morgan fingerprint density at radius 3 is 2.24 bits per heavy atom. The molecular formula is C21H22N4O4. The highest BCUT2D eigenvalue weighted by molar-refractivity contribution is 5.92. The molecule has 1 aromatic heterocycles. The summed E-state index contributed by atoms with van der Waals surface area (Å²) in [6.07, 6.45) is 2.91. The van der Waals surface area contributed by atoms with Crippen molar-refractivity contribution in [2.75, 3.05) is 26.6 Å². The van der Waals surface area contributed by atoms with Crippen LogP contribution >= 0.6 is 0 Å². The summed E-state index contributed by atoms with van der Waals surface area (Å²) in [5.41, 5.74) is 1.89. The summed E-state index contributed by atoms with van der Waals surface area (Å²) in [6, 6.07) is 12.8. The Balaban J connectivity index is 1.61. The normalized spacial score (nSPS) is 10.2. The summed E-state index contributed by atoms with van der Waals surface area (Å²) < 4.78 is 15.7. The molecule has 0 saturated heterocycles. The number of amides is 1. The molecule has 29 heavy (non-hydrogen) atoms. The van der Waals surface area contributed by atoms with Crippen molar-refractivity contribution in [2.24, 2.45) is 0 Å². The van der Waals surface area contributed by atoms with Crippen LogP contribution in [0.25, 0.3) is 0 Å². The Kier molecular flexibility index (Phi) is 6.47. The van der Waals surface area contributed by atoms with Crippen LogP contribution in [0.4, 0.5) is 11.5 Å². The van der Waals surface area contributed by atoms with E-state index in [0.29, 0.717) is 29.5 Å². The molecule has 0 spiro atoms. The van der Waals surface area contributed by atoms with Gasteiger partial charge in [-0.25, -0.2) is 9.97 Å². The number of nitrogens with zero attached hydrogens (tertiary/aromatic N) is 2. The van der Waals surface area contributed by atoms with E-state index in [9.17, 15) is 4.79 Å². The Bertz CT molecular complexity index is 959. The fraction of sp³-hybridized carbons (Fsp3) is 0.190. The molecule has 0 fully saturated rings. The maximum Gasteiger partial charge on any atom is 0.271 e. The van der Waals surface area contributed by atoms with E-state index in [4.69, 9.17) is 14.2 Å². The van der Waals surface area contributed by atoms with E-state index in [1.165, 1.54) is 12.4 Å². The lowest BCUT2D eigenvalue weighted by Crippen LogP contribution is -2.24. The summed E-state index contributed by atoms with van der Waals surface area (Å²) in [5.74, 6) is 2.24. The minimum Gasteiger partial charge on any atom is -0.497 e. The largest absolute Gasteiger partial charge is 0.497 e. The number of hydrogen-bond acceptors (Lipinski definition) is 7. The zero-order chi connectivity index (χ0) is 20.6. The summed E-state index contributed by atoms with van der Waals surface area (Å²) >= 11 is 0. The van der Waals surface area contributed by atoms with Gasteiger partial charge in [0.15, 0.2) is 0 Å². The van der Waals surface area contributed by atoms with Gasteiger partial charge in [0.25, 0.3) is 5.91 Å². The van der Waals surface area contributed by atoms with Gasteiger partial charge in [-0.2, -0.15) is 0 Å². The van der Waals surface area contributed by atoms with Crippen molar-refractivity contribution >= 4 is 17.4 Å². The lowest BCUT2D eigenvalue weighted by atomic mass is 10.2. The van der Waals surface area contributed by atoms with Crippen LogP contribution in [-0.2, 0) is 6.54 Å². The number of ether oxygens (including phenoxy) is 3. The smallest absolute Gasteiger partial charge is 0.271 e. The Morgan fingerprint density at radius 1 is 0.897 bits per heavy atom. The average Bonchev–Trinajstić information content (AvgIpc) is 2.78. The highest BCUT2D eigenvalue weighted by Crippen LogP contribution is 2.30. The van der Waals surface area contributed by atoms with E-state index in [-0.39, 0.29) is 11.6 Å². The zero-order valence-electron chi connectivity index (χ0n) is 16.4. The van der Waals surface area contributed by atoms with Crippen molar-refractivity contribution in [3.8, 4) is 17.2 Å². The van der Waals surface area contributed by atoms with Crippen LogP contribution in [0.15, 0.2) is 54.9 Å². The molecule has 0 atom stereocenters. The van der Waals surface area contributed by atoms with Crippen LogP contribution in [0.3, 0.4) is 0 Å². The van der Waals surface area contributed by atoms with E-state index < -0.39 is 0 Å². The van der Waals surface area contributed by atoms with Crippen LogP contribution in [-0.4, -0.2) is 37.2 Å². The van der Waals surface area contributed by atoms with E-state index >= 15 is 0 Å². The van der Waals surface area contributed by atoms with Gasteiger partial charge >= 0.3 is 0 Å². The number of nitrogens with one attached hydrogen (secondary N) is 2. The number of aromatic nitrogens is 2. The molecular weight excluding hydrogens is 372 g/mol. The number of carbonyl (C=O) groups excluding carboxylic acids is 1. The van der Waals surface area contributed by atoms with Gasteiger partial charge in [0.2, 0.25) is 0 Å². The average molecular weight is 394 g/mol. The third-order valence-electron chi connectivity index (χ3n) is 4.17. The Hall–Kier alpha value is -3.81. The zero-order valence-corrected chi connectivity index (χ0v) is 16.4. The van der Waals surface area contributed by atoms with Gasteiger partial charge in [-0.05, 0) is 29.8 Å². The van der Waals surface area contributed by atoms with Crippen molar-refractivity contribution in [3.63, 3.8) is 0 Å². The fourth-order valence-electron chi connectivity index (χ4n) is 2.57. The molecule has 0 unspecified atom stereocenters. The molecule has 2 N–H and O–H groups in total. The van der Waals surface area contributed by atoms with Gasteiger partial charge in [-0.1, -0.05) is 12.1 Å². The minimum atomic E-state index is -0.304. The predicted molar refractivity (Wildman–Crippen MR) is 109 cm³/mol. The summed E-state index contributed by atoms with van der Waals surface area (Å²) in [7, 11) is 4.77. The molecule has 0 aliphatic carbocycles. The maximum absolute atomic E-state index is 12.3. The SMILES string of the molecule is COc1ccc(CNC(=O)c2cnc(Nc3ccc(OC)cc3OC)cn2)cc1. The van der Waals surface area contributed by atoms with Crippen molar-refractivity contribution in [1.29, 1.82) is 0 Å². The summed E-state index contributed by atoms with van der Waals surface area (Å²) in [5, 5.41) is 5.93. The maximum atomic E-state index is 12.3. The number of anilines is 2. The Labute approximate surface area is 168 Å². The molecule has 0 radical (unpaired) electrons. The van der Waals surface area contributed by atoms with Crippen LogP contribution in [0.5, 0.6) is 17.2 Å². The molecule has 0 bridgehead atoms. The fourth-order valence-corrected chi connectivity index (χ4v) is 2.57. The summed E-state index contributed by atoms with van der Waals surface area (Å²) in [4.78, 5) is 20.7. The van der Waals surface area contributed by atoms with E-state index in [1.54, 1.807) is 33.5 Å². The minimum absolute atomic E-state index is 0.228. The molecule has 2 aromatic carbocycles. The van der Waals surface area contributed by atoms with Gasteiger partial charge in [0, 0.05) is 12.6 Å². The molecule has 150 valence electrons. The van der Waals surface area contributed by atoms with Gasteiger partial charge in [0.05, 0.1) is 39.4 Å². The van der Waals surface area contributed by atoms with Gasteiger partial charge in [0.1, 0.15) is 28.8 Å². The van der Waals surface area contributed by atoms with E-state index in [0.717, 1.165) is 11.3 Å². The molecule has 0 aliphatic rings. The lowest BCUT2D eigenvalue weighted by Gasteiger charge is -2.12. The molecule has 1 amide bonds. The highest BCUT2D eigenvalue weighted by Gasteiger charge is 2.10. The van der Waals surface area contributed by atoms with Crippen molar-refractivity contribution in [2.45, 2.75) is 6.54 Å². The van der Waals surface area contributed by atoms with Crippen molar-refractivity contribution in [1.82, 2.24) is 15.3 Å². The second-order valence-electron chi connectivity index (χ2n) is 6.01. The quantitative estimate of drug-likeness (QED) is 0.606. The molecule has 3 rings (SSSR count). The number of hydrogen-bond donors (Lipinski definition) is 2. The standard InChI is InChI=1S/C21H22N4O4/c1-27-15-6-4-14(5-7-15)11-24-21(26)18-12-23-20(13-22-18)25-17-9-8-16(28-2)10-19(17)29-3/h4-10,12-13H,11H2,1-3H3,(H,23,25)(H,24,26). The third kappa shape index (κ3) is 5.13. The topological polar surface area (TPSA) is 94.6 Å². The van der Waals surface area contributed by atoms with Gasteiger partial charge in [-0.15, -0.1) is 0 Å². The van der Waals surface area contributed by atoms with Gasteiger partial charge < -0.3 is 24.8 Å².